The first-order chi connectivity index (χ1) is 9.47. The van der Waals surface area contributed by atoms with E-state index in [9.17, 15) is 13.2 Å². The largest absolute Gasteiger partial charge is 0.388 e. The van der Waals surface area contributed by atoms with Crippen molar-refractivity contribution in [3.05, 3.63) is 46.5 Å². The zero-order chi connectivity index (χ0) is 14.3. The number of fused-ring (bicyclic) bond motifs is 1. The van der Waals surface area contributed by atoms with E-state index in [2.05, 4.69) is 4.40 Å². The van der Waals surface area contributed by atoms with Crippen molar-refractivity contribution in [1.82, 2.24) is 4.90 Å². The monoisotopic (exact) mass is 291 g/mol. The fourth-order valence-electron chi connectivity index (χ4n) is 2.35. The number of benzene rings is 1. The predicted molar refractivity (Wildman–Crippen MR) is 74.2 cm³/mol. The molecule has 0 atom stereocenters. The summed E-state index contributed by atoms with van der Waals surface area (Å²) in [6.07, 6.45) is 1.87. The molecule has 2 aliphatic rings. The number of sulfonamides is 1. The van der Waals surface area contributed by atoms with Crippen molar-refractivity contribution in [2.75, 3.05) is 6.54 Å². The number of hydrogen-bond donors (Lipinski definition) is 1. The molecule has 2 heterocycles. The van der Waals surface area contributed by atoms with Crippen LogP contribution in [0.2, 0.25) is 0 Å². The summed E-state index contributed by atoms with van der Waals surface area (Å²) in [4.78, 5) is 13.9. The van der Waals surface area contributed by atoms with Crippen LogP contribution in [0.15, 0.2) is 39.8 Å². The number of amides is 1. The third-order valence-corrected chi connectivity index (χ3v) is 4.58. The topological polar surface area (TPSA) is 92.8 Å². The Hall–Kier alpha value is -2.15. The first-order valence-corrected chi connectivity index (χ1v) is 7.59. The number of nitrogens with two attached hydrogens (primary N) is 1. The highest BCUT2D eigenvalue weighted by atomic mass is 32.2. The summed E-state index contributed by atoms with van der Waals surface area (Å²) in [7, 11) is -3.84. The van der Waals surface area contributed by atoms with Gasteiger partial charge in [0.05, 0.1) is 0 Å². The van der Waals surface area contributed by atoms with Crippen LogP contribution in [0.25, 0.3) is 0 Å². The third kappa shape index (κ3) is 2.09. The lowest BCUT2D eigenvalue weighted by molar-refractivity contribution is -0.124. The van der Waals surface area contributed by atoms with E-state index >= 15 is 0 Å². The van der Waals surface area contributed by atoms with Gasteiger partial charge in [-0.3, -0.25) is 4.79 Å². The maximum Gasteiger partial charge on any atom is 0.298 e. The summed E-state index contributed by atoms with van der Waals surface area (Å²) < 4.78 is 26.2. The van der Waals surface area contributed by atoms with E-state index in [0.29, 0.717) is 13.1 Å². The highest BCUT2D eigenvalue weighted by molar-refractivity contribution is 7.94. The standard InChI is InChI=1S/C13H13N3O3S/c14-12-7-11(15-20(12,18)19)13(17)16-6-5-9-3-1-2-4-10(9)8-16/h1-4,7H,5-6,8,14H2. The number of carbonyl (C=O) groups excluding carboxylic acids is 1. The van der Waals surface area contributed by atoms with Gasteiger partial charge in [-0.1, -0.05) is 24.3 Å². The normalized spacial score (nSPS) is 20.1. The molecule has 0 spiro atoms. The van der Waals surface area contributed by atoms with Crippen LogP contribution in [0.5, 0.6) is 0 Å². The molecule has 0 unspecified atom stereocenters. The molecular formula is C13H13N3O3S. The second kappa shape index (κ2) is 4.45. The summed E-state index contributed by atoms with van der Waals surface area (Å²) >= 11 is 0. The van der Waals surface area contributed by atoms with E-state index in [1.165, 1.54) is 5.56 Å². The lowest BCUT2D eigenvalue weighted by atomic mass is 9.99. The molecule has 1 amide bonds. The van der Waals surface area contributed by atoms with Gasteiger partial charge in [0.2, 0.25) is 0 Å². The van der Waals surface area contributed by atoms with E-state index in [1.54, 1.807) is 4.90 Å². The van der Waals surface area contributed by atoms with Crippen LogP contribution in [-0.4, -0.2) is 31.5 Å². The van der Waals surface area contributed by atoms with Crippen molar-refractivity contribution in [3.8, 4) is 0 Å². The third-order valence-electron chi connectivity index (χ3n) is 3.43. The van der Waals surface area contributed by atoms with Gasteiger partial charge in [-0.15, -0.1) is 0 Å². The molecule has 0 fully saturated rings. The lowest BCUT2D eigenvalue weighted by Crippen LogP contribution is -2.39. The van der Waals surface area contributed by atoms with Crippen molar-refractivity contribution in [2.24, 2.45) is 10.1 Å². The SMILES string of the molecule is NC1=CC(C(=O)N2CCc3ccccc3C2)=NS1(=O)=O. The van der Waals surface area contributed by atoms with Gasteiger partial charge in [0, 0.05) is 19.2 Å². The molecule has 1 aromatic rings. The predicted octanol–water partition coefficient (Wildman–Crippen LogP) is 0.156. The van der Waals surface area contributed by atoms with Crippen LogP contribution in [0.3, 0.4) is 0 Å². The fourth-order valence-corrected chi connectivity index (χ4v) is 3.11. The molecule has 7 heteroatoms. The van der Waals surface area contributed by atoms with Gasteiger partial charge in [-0.05, 0) is 17.5 Å². The van der Waals surface area contributed by atoms with Crippen LogP contribution >= 0.6 is 0 Å². The van der Waals surface area contributed by atoms with Gasteiger partial charge in [0.1, 0.15) is 5.71 Å². The average Bonchev–Trinajstić information content (AvgIpc) is 2.71. The maximum atomic E-state index is 12.3. The Balaban J connectivity index is 1.85. The van der Waals surface area contributed by atoms with Crippen molar-refractivity contribution < 1.29 is 13.2 Å². The van der Waals surface area contributed by atoms with Gasteiger partial charge >= 0.3 is 0 Å². The summed E-state index contributed by atoms with van der Waals surface area (Å²) in [5.74, 6) is -0.400. The minimum Gasteiger partial charge on any atom is -0.388 e. The molecule has 6 nitrogen and oxygen atoms in total. The van der Waals surface area contributed by atoms with E-state index < -0.39 is 15.9 Å². The highest BCUT2D eigenvalue weighted by Crippen LogP contribution is 2.20. The first-order valence-electron chi connectivity index (χ1n) is 6.15. The molecule has 2 N–H and O–H groups in total. The second-order valence-electron chi connectivity index (χ2n) is 4.74. The Bertz CT molecular complexity index is 750. The molecule has 2 aliphatic heterocycles. The van der Waals surface area contributed by atoms with Crippen LogP contribution in [-0.2, 0) is 27.8 Å². The lowest BCUT2D eigenvalue weighted by Gasteiger charge is -2.28. The minimum absolute atomic E-state index is 0.109. The Kier molecular flexibility index (Phi) is 2.86. The smallest absolute Gasteiger partial charge is 0.298 e. The molecule has 0 saturated carbocycles. The minimum atomic E-state index is -3.84. The van der Waals surface area contributed by atoms with Crippen molar-refractivity contribution >= 4 is 21.6 Å². The molecule has 0 aromatic heterocycles. The van der Waals surface area contributed by atoms with Crippen molar-refractivity contribution in [3.63, 3.8) is 0 Å². The van der Waals surface area contributed by atoms with Gasteiger partial charge in [0.15, 0.2) is 5.03 Å². The first kappa shape index (κ1) is 12.9. The van der Waals surface area contributed by atoms with E-state index in [0.717, 1.165) is 18.1 Å². The second-order valence-corrected chi connectivity index (χ2v) is 6.35. The fraction of sp³-hybridized carbons (Fsp3) is 0.231. The quantitative estimate of drug-likeness (QED) is 0.797. The van der Waals surface area contributed by atoms with Crippen LogP contribution in [0, 0.1) is 0 Å². The van der Waals surface area contributed by atoms with Crippen molar-refractivity contribution in [1.29, 1.82) is 0 Å². The van der Waals surface area contributed by atoms with E-state index in [4.69, 9.17) is 5.73 Å². The molecule has 3 rings (SSSR count). The Morgan fingerprint density at radius 3 is 2.60 bits per heavy atom. The summed E-state index contributed by atoms with van der Waals surface area (Å²) in [6.45, 7) is 1.00. The molecular weight excluding hydrogens is 278 g/mol. The number of carbonyl (C=O) groups is 1. The summed E-state index contributed by atoms with van der Waals surface area (Å²) in [5.41, 5.74) is 7.52. The molecule has 1 aromatic carbocycles. The zero-order valence-electron chi connectivity index (χ0n) is 10.6. The van der Waals surface area contributed by atoms with Crippen LogP contribution in [0.1, 0.15) is 11.1 Å². The van der Waals surface area contributed by atoms with E-state index in [-0.39, 0.29) is 10.7 Å². The van der Waals surface area contributed by atoms with Gasteiger partial charge in [0.25, 0.3) is 15.9 Å². The van der Waals surface area contributed by atoms with Gasteiger partial charge < -0.3 is 10.6 Å². The van der Waals surface area contributed by atoms with Crippen LogP contribution in [0.4, 0.5) is 0 Å². The maximum absolute atomic E-state index is 12.3. The average molecular weight is 291 g/mol. The number of rotatable bonds is 1. The van der Waals surface area contributed by atoms with Crippen LogP contribution < -0.4 is 5.73 Å². The summed E-state index contributed by atoms with van der Waals surface area (Å²) in [5, 5.41) is -0.377. The van der Waals surface area contributed by atoms with Crippen molar-refractivity contribution in [2.45, 2.75) is 13.0 Å². The summed E-state index contributed by atoms with van der Waals surface area (Å²) in [6, 6.07) is 7.88. The molecule has 0 saturated heterocycles. The Morgan fingerprint density at radius 2 is 1.95 bits per heavy atom. The molecule has 0 bridgehead atoms. The molecule has 20 heavy (non-hydrogen) atoms. The molecule has 104 valence electrons. The number of nitrogens with zero attached hydrogens (tertiary/aromatic N) is 2. The Morgan fingerprint density at radius 1 is 1.25 bits per heavy atom. The Labute approximate surface area is 116 Å². The molecule has 0 aliphatic carbocycles. The molecule has 0 radical (unpaired) electrons. The van der Waals surface area contributed by atoms with Gasteiger partial charge in [-0.2, -0.15) is 12.8 Å². The van der Waals surface area contributed by atoms with Gasteiger partial charge in [-0.25, -0.2) is 0 Å². The number of hydrogen-bond acceptors (Lipinski definition) is 4. The van der Waals surface area contributed by atoms with E-state index in [1.807, 2.05) is 24.3 Å². The zero-order valence-corrected chi connectivity index (χ0v) is 11.4. The highest BCUT2D eigenvalue weighted by Gasteiger charge is 2.30.